The van der Waals surface area contributed by atoms with Gasteiger partial charge in [0, 0.05) is 6.54 Å². The number of nitrogens with zero attached hydrogens (tertiary/aromatic N) is 2. The van der Waals surface area contributed by atoms with Crippen LogP contribution in [0.25, 0.3) is 0 Å². The van der Waals surface area contributed by atoms with Gasteiger partial charge < -0.3 is 14.0 Å². The SMILES string of the molecule is CC(C)(C)OC(=O)N(CCCN=C=O)[C@@H](CSOCc1ccccc1)C(=O)O. The predicted molar refractivity (Wildman–Crippen MR) is 106 cm³/mol. The van der Waals surface area contributed by atoms with E-state index in [4.69, 9.17) is 8.92 Å². The van der Waals surface area contributed by atoms with Crippen molar-refractivity contribution in [3.8, 4) is 0 Å². The Morgan fingerprint density at radius 3 is 2.54 bits per heavy atom. The van der Waals surface area contributed by atoms with Crippen molar-refractivity contribution in [2.24, 2.45) is 4.99 Å². The summed E-state index contributed by atoms with van der Waals surface area (Å²) >= 11 is 0.976. The van der Waals surface area contributed by atoms with Gasteiger partial charge in [0.2, 0.25) is 6.08 Å². The van der Waals surface area contributed by atoms with Gasteiger partial charge in [-0.15, -0.1) is 0 Å². The first-order valence-corrected chi connectivity index (χ1v) is 9.70. The van der Waals surface area contributed by atoms with Crippen molar-refractivity contribution in [1.82, 2.24) is 4.90 Å². The lowest BCUT2D eigenvalue weighted by Gasteiger charge is -2.31. The van der Waals surface area contributed by atoms with Crippen molar-refractivity contribution in [2.45, 2.75) is 45.4 Å². The molecule has 1 aromatic rings. The highest BCUT2D eigenvalue weighted by Crippen LogP contribution is 2.17. The first-order chi connectivity index (χ1) is 13.2. The summed E-state index contributed by atoms with van der Waals surface area (Å²) in [5, 5.41) is 9.61. The Labute approximate surface area is 169 Å². The van der Waals surface area contributed by atoms with Crippen LogP contribution in [0, 0.1) is 0 Å². The summed E-state index contributed by atoms with van der Waals surface area (Å²) < 4.78 is 10.8. The fraction of sp³-hybridized carbons (Fsp3) is 0.526. The number of amides is 1. The Morgan fingerprint density at radius 2 is 1.96 bits per heavy atom. The number of hydrogen-bond donors (Lipinski definition) is 1. The highest BCUT2D eigenvalue weighted by molar-refractivity contribution is 7.94. The largest absolute Gasteiger partial charge is 0.480 e. The molecule has 0 heterocycles. The maximum absolute atomic E-state index is 12.5. The molecule has 0 bridgehead atoms. The number of aliphatic imine (C=N–C) groups is 1. The van der Waals surface area contributed by atoms with Gasteiger partial charge in [0.25, 0.3) is 0 Å². The number of aliphatic carboxylic acids is 1. The third-order valence-corrected chi connectivity index (χ3v) is 4.14. The van der Waals surface area contributed by atoms with Crippen LogP contribution in [0.2, 0.25) is 0 Å². The van der Waals surface area contributed by atoms with E-state index in [9.17, 15) is 19.5 Å². The second-order valence-electron chi connectivity index (χ2n) is 6.89. The molecule has 0 radical (unpaired) electrons. The highest BCUT2D eigenvalue weighted by atomic mass is 32.2. The lowest BCUT2D eigenvalue weighted by Crippen LogP contribution is -2.49. The molecule has 0 saturated heterocycles. The van der Waals surface area contributed by atoms with E-state index in [0.29, 0.717) is 13.0 Å². The summed E-state index contributed by atoms with van der Waals surface area (Å²) in [4.78, 5) is 39.0. The predicted octanol–water partition coefficient (Wildman–Crippen LogP) is 3.27. The topological polar surface area (TPSA) is 106 Å². The Kier molecular flexibility index (Phi) is 10.3. The zero-order valence-electron chi connectivity index (χ0n) is 16.3. The number of carbonyl (C=O) groups excluding carboxylic acids is 2. The van der Waals surface area contributed by atoms with Gasteiger partial charge in [-0.1, -0.05) is 30.3 Å². The first-order valence-electron chi connectivity index (χ1n) is 8.79. The van der Waals surface area contributed by atoms with Crippen molar-refractivity contribution in [1.29, 1.82) is 0 Å². The Balaban J connectivity index is 2.73. The van der Waals surface area contributed by atoms with E-state index in [-0.39, 0.29) is 18.8 Å². The number of isocyanates is 1. The zero-order valence-corrected chi connectivity index (χ0v) is 17.1. The van der Waals surface area contributed by atoms with Gasteiger partial charge >= 0.3 is 12.1 Å². The van der Waals surface area contributed by atoms with Crippen molar-refractivity contribution < 1.29 is 28.4 Å². The van der Waals surface area contributed by atoms with Crippen molar-refractivity contribution >= 4 is 30.2 Å². The summed E-state index contributed by atoms with van der Waals surface area (Å²) in [6.45, 7) is 5.65. The minimum atomic E-state index is -1.17. The van der Waals surface area contributed by atoms with Crippen LogP contribution in [0.15, 0.2) is 35.3 Å². The average Bonchev–Trinajstić information content (AvgIpc) is 2.62. The van der Waals surface area contributed by atoms with Crippen LogP contribution >= 0.6 is 12.0 Å². The molecule has 0 aliphatic carbocycles. The molecule has 1 atom stereocenters. The average molecular weight is 410 g/mol. The van der Waals surface area contributed by atoms with Crippen molar-refractivity contribution in [2.75, 3.05) is 18.8 Å². The second kappa shape index (κ2) is 12.2. The molecule has 9 heteroatoms. The van der Waals surface area contributed by atoms with E-state index in [1.165, 1.54) is 6.08 Å². The van der Waals surface area contributed by atoms with Gasteiger partial charge in [-0.05, 0) is 44.8 Å². The van der Waals surface area contributed by atoms with E-state index in [1.54, 1.807) is 20.8 Å². The number of carbonyl (C=O) groups is 2. The molecule has 1 N–H and O–H groups in total. The standard InChI is InChI=1S/C19H26N2O6S/c1-19(2,3)27-18(25)21(11-7-10-20-14-22)16(17(23)24)13-28-26-12-15-8-5-4-6-9-15/h4-6,8-9,16H,7,10-13H2,1-3H3,(H,23,24)/t16-/m0/s1. The van der Waals surface area contributed by atoms with E-state index in [0.717, 1.165) is 22.5 Å². The fourth-order valence-corrected chi connectivity index (χ4v) is 2.92. The van der Waals surface area contributed by atoms with Crippen molar-refractivity contribution in [3.63, 3.8) is 0 Å². The van der Waals surface area contributed by atoms with Crippen LogP contribution in [0.3, 0.4) is 0 Å². The summed E-state index contributed by atoms with van der Waals surface area (Å²) in [6.07, 6.45) is 0.994. The van der Waals surface area contributed by atoms with Crippen molar-refractivity contribution in [3.05, 3.63) is 35.9 Å². The molecular weight excluding hydrogens is 384 g/mol. The van der Waals surface area contributed by atoms with E-state index in [1.807, 2.05) is 30.3 Å². The van der Waals surface area contributed by atoms with Gasteiger partial charge in [-0.3, -0.25) is 4.90 Å². The number of carboxylic acids is 1. The minimum absolute atomic E-state index is 0.0261. The lowest BCUT2D eigenvalue weighted by molar-refractivity contribution is -0.142. The summed E-state index contributed by atoms with van der Waals surface area (Å²) in [5.41, 5.74) is 0.189. The number of rotatable bonds is 11. The highest BCUT2D eigenvalue weighted by Gasteiger charge is 2.32. The number of hydrogen-bond acceptors (Lipinski definition) is 7. The summed E-state index contributed by atoms with van der Waals surface area (Å²) in [5.74, 6) is -1.14. The quantitative estimate of drug-likeness (QED) is 0.258. The molecule has 8 nitrogen and oxygen atoms in total. The number of benzene rings is 1. The van der Waals surface area contributed by atoms with Crippen LogP contribution in [-0.2, 0) is 25.1 Å². The van der Waals surface area contributed by atoms with Gasteiger partial charge in [-0.2, -0.15) is 0 Å². The molecule has 0 saturated carbocycles. The molecule has 0 spiro atoms. The summed E-state index contributed by atoms with van der Waals surface area (Å²) in [6, 6.07) is 8.32. The van der Waals surface area contributed by atoms with Gasteiger partial charge in [0.1, 0.15) is 11.6 Å². The molecule has 1 rings (SSSR count). The number of ether oxygens (including phenoxy) is 1. The van der Waals surface area contributed by atoms with E-state index in [2.05, 4.69) is 4.99 Å². The van der Waals surface area contributed by atoms with Crippen LogP contribution < -0.4 is 0 Å². The Morgan fingerprint density at radius 1 is 1.29 bits per heavy atom. The van der Waals surface area contributed by atoms with Crippen LogP contribution in [0.4, 0.5) is 4.79 Å². The molecule has 0 aliphatic rings. The van der Waals surface area contributed by atoms with E-state index >= 15 is 0 Å². The molecule has 1 aromatic carbocycles. The van der Waals surface area contributed by atoms with E-state index < -0.39 is 23.7 Å². The fourth-order valence-electron chi connectivity index (χ4n) is 2.15. The lowest BCUT2D eigenvalue weighted by atomic mass is 10.2. The van der Waals surface area contributed by atoms with Crippen LogP contribution in [-0.4, -0.2) is 58.6 Å². The monoisotopic (exact) mass is 410 g/mol. The molecule has 0 aromatic heterocycles. The van der Waals surface area contributed by atoms with Gasteiger partial charge in [-0.25, -0.2) is 19.4 Å². The first kappa shape index (κ1) is 23.7. The second-order valence-corrected chi connectivity index (χ2v) is 7.69. The Bertz CT molecular complexity index is 671. The molecular formula is C19H26N2O6S. The third-order valence-electron chi connectivity index (χ3n) is 3.40. The zero-order chi connectivity index (χ0) is 21.0. The molecule has 154 valence electrons. The normalized spacial score (nSPS) is 12.0. The molecule has 0 aliphatic heterocycles. The molecule has 0 fully saturated rings. The van der Waals surface area contributed by atoms with Gasteiger partial charge in [0.15, 0.2) is 0 Å². The molecule has 0 unspecified atom stereocenters. The maximum atomic E-state index is 12.5. The third kappa shape index (κ3) is 9.55. The number of carboxylic acid groups (broad SMARTS) is 1. The van der Waals surface area contributed by atoms with Crippen LogP contribution in [0.1, 0.15) is 32.8 Å². The van der Waals surface area contributed by atoms with Crippen LogP contribution in [0.5, 0.6) is 0 Å². The molecule has 28 heavy (non-hydrogen) atoms. The summed E-state index contributed by atoms with van der Waals surface area (Å²) in [7, 11) is 0. The van der Waals surface area contributed by atoms with Gasteiger partial charge in [0.05, 0.1) is 18.9 Å². The molecule has 1 amide bonds. The maximum Gasteiger partial charge on any atom is 0.411 e. The Hall–Kier alpha value is -2.35. The minimum Gasteiger partial charge on any atom is -0.480 e. The smallest absolute Gasteiger partial charge is 0.411 e.